The van der Waals surface area contributed by atoms with E-state index in [9.17, 15) is 19.7 Å². The van der Waals surface area contributed by atoms with Gasteiger partial charge in [-0.05, 0) is 19.4 Å². The molecule has 0 aliphatic heterocycles. The summed E-state index contributed by atoms with van der Waals surface area (Å²) in [7, 11) is 1.27. The van der Waals surface area contributed by atoms with Crippen molar-refractivity contribution < 1.29 is 24.4 Å². The zero-order valence-corrected chi connectivity index (χ0v) is 11.9. The van der Waals surface area contributed by atoms with Crippen LogP contribution in [-0.2, 0) is 4.79 Å². The van der Waals surface area contributed by atoms with Gasteiger partial charge in [0, 0.05) is 6.07 Å². The minimum absolute atomic E-state index is 0.00513. The largest absolute Gasteiger partial charge is 0.496 e. The van der Waals surface area contributed by atoms with Crippen LogP contribution in [0.1, 0.15) is 30.6 Å². The first-order chi connectivity index (χ1) is 9.76. The zero-order chi connectivity index (χ0) is 16.2. The fraction of sp³-hybridized carbons (Fsp3) is 0.385. The minimum Gasteiger partial charge on any atom is -0.496 e. The van der Waals surface area contributed by atoms with E-state index in [0.29, 0.717) is 0 Å². The van der Waals surface area contributed by atoms with Crippen LogP contribution in [-0.4, -0.2) is 34.6 Å². The normalized spacial score (nSPS) is 13.1. The second-order valence-electron chi connectivity index (χ2n) is 4.56. The lowest BCUT2D eigenvalue weighted by Gasteiger charge is -2.24. The molecular formula is C13H16N2O6. The van der Waals surface area contributed by atoms with Crippen LogP contribution in [0.5, 0.6) is 5.75 Å². The van der Waals surface area contributed by atoms with E-state index < -0.39 is 28.0 Å². The molecular weight excluding hydrogens is 280 g/mol. The maximum absolute atomic E-state index is 12.3. The molecule has 1 unspecified atom stereocenters. The Morgan fingerprint density at radius 2 is 2.10 bits per heavy atom. The summed E-state index contributed by atoms with van der Waals surface area (Å²) in [4.78, 5) is 33.8. The van der Waals surface area contributed by atoms with Gasteiger partial charge in [-0.25, -0.2) is 4.79 Å². The number of ether oxygens (including phenoxy) is 1. The zero-order valence-electron chi connectivity index (χ0n) is 11.9. The van der Waals surface area contributed by atoms with Crippen molar-refractivity contribution in [3.63, 3.8) is 0 Å². The first-order valence-electron chi connectivity index (χ1n) is 6.14. The molecule has 0 bridgehead atoms. The molecule has 8 heteroatoms. The van der Waals surface area contributed by atoms with Crippen LogP contribution < -0.4 is 10.1 Å². The Morgan fingerprint density at radius 1 is 1.48 bits per heavy atom. The molecule has 1 atom stereocenters. The van der Waals surface area contributed by atoms with Gasteiger partial charge in [-0.3, -0.25) is 14.9 Å². The molecule has 8 nitrogen and oxygen atoms in total. The standard InChI is InChI=1S/C13H16N2O6/c1-4-13(2,12(17)18)14-11(16)10-8(15(19)20)6-5-7-9(10)21-3/h5-7H,4H2,1-3H3,(H,14,16)(H,17,18). The van der Waals surface area contributed by atoms with Gasteiger partial charge in [0.1, 0.15) is 11.3 Å². The number of carbonyl (C=O) groups is 2. The van der Waals surface area contributed by atoms with Crippen molar-refractivity contribution in [2.75, 3.05) is 7.11 Å². The number of aliphatic carboxylic acids is 1. The Labute approximate surface area is 120 Å². The number of benzene rings is 1. The van der Waals surface area contributed by atoms with Gasteiger partial charge in [-0.15, -0.1) is 0 Å². The van der Waals surface area contributed by atoms with Crippen molar-refractivity contribution in [2.45, 2.75) is 25.8 Å². The highest BCUT2D eigenvalue weighted by atomic mass is 16.6. The van der Waals surface area contributed by atoms with Gasteiger partial charge >= 0.3 is 5.97 Å². The second kappa shape index (κ2) is 6.21. The molecule has 1 aromatic rings. The van der Waals surface area contributed by atoms with Crippen molar-refractivity contribution in [3.8, 4) is 5.75 Å². The molecule has 21 heavy (non-hydrogen) atoms. The molecule has 0 heterocycles. The van der Waals surface area contributed by atoms with Crippen LogP contribution >= 0.6 is 0 Å². The average molecular weight is 296 g/mol. The van der Waals surface area contributed by atoms with Gasteiger partial charge in [-0.2, -0.15) is 0 Å². The summed E-state index contributed by atoms with van der Waals surface area (Å²) >= 11 is 0. The predicted octanol–water partition coefficient (Wildman–Crippen LogP) is 1.59. The summed E-state index contributed by atoms with van der Waals surface area (Å²) in [6.45, 7) is 2.92. The number of hydrogen-bond acceptors (Lipinski definition) is 5. The van der Waals surface area contributed by atoms with Crippen LogP contribution in [0.3, 0.4) is 0 Å². The molecule has 0 saturated heterocycles. The molecule has 0 saturated carbocycles. The number of nitro benzene ring substituents is 1. The van der Waals surface area contributed by atoms with Crippen molar-refractivity contribution in [2.24, 2.45) is 0 Å². The third-order valence-corrected chi connectivity index (χ3v) is 3.22. The van der Waals surface area contributed by atoms with E-state index in [1.54, 1.807) is 6.92 Å². The molecule has 114 valence electrons. The number of carbonyl (C=O) groups excluding carboxylic acids is 1. The molecule has 2 N–H and O–H groups in total. The van der Waals surface area contributed by atoms with Crippen LogP contribution in [0.25, 0.3) is 0 Å². The van der Waals surface area contributed by atoms with Gasteiger partial charge in [0.25, 0.3) is 11.6 Å². The number of carboxylic acids is 1. The van der Waals surface area contributed by atoms with Crippen molar-refractivity contribution in [3.05, 3.63) is 33.9 Å². The van der Waals surface area contributed by atoms with E-state index in [1.165, 1.54) is 26.2 Å². The fourth-order valence-corrected chi connectivity index (χ4v) is 1.68. The highest BCUT2D eigenvalue weighted by Gasteiger charge is 2.36. The van der Waals surface area contributed by atoms with Crippen molar-refractivity contribution in [1.82, 2.24) is 5.32 Å². The van der Waals surface area contributed by atoms with Crippen LogP contribution in [0.4, 0.5) is 5.69 Å². The summed E-state index contributed by atoms with van der Waals surface area (Å²) in [6, 6.07) is 3.93. The number of nitro groups is 1. The highest BCUT2D eigenvalue weighted by molar-refractivity contribution is 6.03. The predicted molar refractivity (Wildman–Crippen MR) is 73.4 cm³/mol. The Morgan fingerprint density at radius 3 is 2.52 bits per heavy atom. The molecule has 0 aliphatic rings. The van der Waals surface area contributed by atoms with Crippen LogP contribution in [0.2, 0.25) is 0 Å². The number of amides is 1. The maximum Gasteiger partial charge on any atom is 0.329 e. The van der Waals surface area contributed by atoms with E-state index in [2.05, 4.69) is 5.32 Å². The molecule has 0 aliphatic carbocycles. The van der Waals surface area contributed by atoms with Gasteiger partial charge < -0.3 is 15.2 Å². The molecule has 0 spiro atoms. The fourth-order valence-electron chi connectivity index (χ4n) is 1.68. The number of methoxy groups -OCH3 is 1. The van der Waals surface area contributed by atoms with Crippen molar-refractivity contribution in [1.29, 1.82) is 0 Å². The van der Waals surface area contributed by atoms with E-state index in [0.717, 1.165) is 6.07 Å². The quantitative estimate of drug-likeness (QED) is 0.607. The number of carboxylic acid groups (broad SMARTS) is 1. The Balaban J connectivity index is 3.30. The van der Waals surface area contributed by atoms with Gasteiger partial charge in [-0.1, -0.05) is 13.0 Å². The monoisotopic (exact) mass is 296 g/mol. The number of rotatable bonds is 6. The third kappa shape index (κ3) is 3.28. The molecule has 0 fully saturated rings. The summed E-state index contributed by atoms with van der Waals surface area (Å²) < 4.78 is 4.95. The first kappa shape index (κ1) is 16.4. The maximum atomic E-state index is 12.3. The lowest BCUT2D eigenvalue weighted by atomic mass is 9.98. The number of nitrogens with zero attached hydrogens (tertiary/aromatic N) is 1. The molecule has 0 radical (unpaired) electrons. The van der Waals surface area contributed by atoms with Gasteiger partial charge in [0.2, 0.25) is 0 Å². The number of nitrogens with one attached hydrogen (secondary N) is 1. The first-order valence-corrected chi connectivity index (χ1v) is 6.14. The molecule has 0 aromatic heterocycles. The van der Waals surface area contributed by atoms with Crippen LogP contribution in [0, 0.1) is 10.1 Å². The summed E-state index contributed by atoms with van der Waals surface area (Å²) in [6.07, 6.45) is 0.122. The van der Waals surface area contributed by atoms with E-state index >= 15 is 0 Å². The molecule has 1 rings (SSSR count). The smallest absolute Gasteiger partial charge is 0.329 e. The molecule has 1 aromatic carbocycles. The van der Waals surface area contributed by atoms with Gasteiger partial charge in [0.05, 0.1) is 12.0 Å². The van der Waals surface area contributed by atoms with E-state index in [4.69, 9.17) is 9.84 Å². The Kier molecular flexibility index (Phi) is 4.85. The third-order valence-electron chi connectivity index (χ3n) is 3.22. The Hall–Kier alpha value is -2.64. The van der Waals surface area contributed by atoms with Crippen LogP contribution in [0.15, 0.2) is 18.2 Å². The second-order valence-corrected chi connectivity index (χ2v) is 4.56. The summed E-state index contributed by atoms with van der Waals surface area (Å²) in [5.41, 5.74) is -2.27. The number of hydrogen-bond donors (Lipinski definition) is 2. The SMILES string of the molecule is CCC(C)(NC(=O)c1c(OC)cccc1[N+](=O)[O-])C(=O)O. The van der Waals surface area contributed by atoms with E-state index in [1.807, 2.05) is 0 Å². The lowest BCUT2D eigenvalue weighted by molar-refractivity contribution is -0.385. The molecule has 1 amide bonds. The van der Waals surface area contributed by atoms with Crippen molar-refractivity contribution >= 4 is 17.6 Å². The minimum atomic E-state index is -1.52. The Bertz CT molecular complexity index is 586. The lowest BCUT2D eigenvalue weighted by Crippen LogP contribution is -2.51. The average Bonchev–Trinajstić information content (AvgIpc) is 2.45. The highest BCUT2D eigenvalue weighted by Crippen LogP contribution is 2.28. The van der Waals surface area contributed by atoms with E-state index in [-0.39, 0.29) is 17.7 Å². The topological polar surface area (TPSA) is 119 Å². The van der Waals surface area contributed by atoms with Gasteiger partial charge in [0.15, 0.2) is 5.56 Å². The summed E-state index contributed by atoms with van der Waals surface area (Å²) in [5, 5.41) is 22.5. The summed E-state index contributed by atoms with van der Waals surface area (Å²) in [5.74, 6) is -2.09.